The van der Waals surface area contributed by atoms with E-state index >= 15 is 0 Å². The summed E-state index contributed by atoms with van der Waals surface area (Å²) >= 11 is 0. The van der Waals surface area contributed by atoms with Crippen molar-refractivity contribution in [3.63, 3.8) is 0 Å². The van der Waals surface area contributed by atoms with Crippen LogP contribution in [0.1, 0.15) is 12.0 Å². The summed E-state index contributed by atoms with van der Waals surface area (Å²) in [6, 6.07) is 14.9. The number of amides is 2. The lowest BCUT2D eigenvalue weighted by atomic mass is 10.2. The lowest BCUT2D eigenvalue weighted by Gasteiger charge is -2.17. The minimum absolute atomic E-state index is 0.0772. The fourth-order valence-electron chi connectivity index (χ4n) is 2.92. The third-order valence-electron chi connectivity index (χ3n) is 4.30. The Morgan fingerprint density at radius 1 is 1.19 bits per heavy atom. The first-order chi connectivity index (χ1) is 13.1. The maximum Gasteiger partial charge on any atom is 0.407 e. The number of nitrogens with one attached hydrogen (secondary N) is 1. The number of alkyl carbamates (subject to hydrolysis) is 1. The number of carbonyl (C=O) groups excluding carboxylic acids is 2. The van der Waals surface area contributed by atoms with Crippen LogP contribution in [0.25, 0.3) is 0 Å². The number of hydrogen-bond acceptors (Lipinski definition) is 5. The van der Waals surface area contributed by atoms with Crippen LogP contribution >= 0.6 is 0 Å². The van der Waals surface area contributed by atoms with E-state index in [1.54, 1.807) is 12.0 Å². The number of para-hydroxylation sites is 1. The number of nitrogens with zero attached hydrogens (tertiary/aromatic N) is 1. The minimum Gasteiger partial charge on any atom is -0.496 e. The van der Waals surface area contributed by atoms with Crippen molar-refractivity contribution in [3.05, 3.63) is 54.1 Å². The summed E-state index contributed by atoms with van der Waals surface area (Å²) in [4.78, 5) is 25.1. The fraction of sp³-hybridized carbons (Fsp3) is 0.300. The van der Waals surface area contributed by atoms with Crippen molar-refractivity contribution in [2.24, 2.45) is 0 Å². The van der Waals surface area contributed by atoms with E-state index in [4.69, 9.17) is 14.2 Å². The highest BCUT2D eigenvalue weighted by Crippen LogP contribution is 2.26. The molecule has 2 aromatic carbocycles. The SMILES string of the molecule is CNC(=O)OC1CC(=O)N(c2ccc(OCc3ccccc3OC)cc2)C1. The Labute approximate surface area is 157 Å². The van der Waals surface area contributed by atoms with Crippen molar-refractivity contribution in [1.29, 1.82) is 0 Å². The van der Waals surface area contributed by atoms with Gasteiger partial charge < -0.3 is 24.4 Å². The number of benzene rings is 2. The van der Waals surface area contributed by atoms with Gasteiger partial charge >= 0.3 is 6.09 Å². The Hall–Kier alpha value is -3.22. The maximum absolute atomic E-state index is 12.2. The molecule has 1 aliphatic heterocycles. The van der Waals surface area contributed by atoms with Crippen molar-refractivity contribution in [2.75, 3.05) is 25.6 Å². The third kappa shape index (κ3) is 4.49. The summed E-state index contributed by atoms with van der Waals surface area (Å²) in [5, 5.41) is 2.39. The zero-order valence-corrected chi connectivity index (χ0v) is 15.3. The molecule has 0 bridgehead atoms. The molecule has 2 amide bonds. The van der Waals surface area contributed by atoms with E-state index in [2.05, 4.69) is 5.32 Å². The van der Waals surface area contributed by atoms with Crippen LogP contribution in [0.3, 0.4) is 0 Å². The zero-order chi connectivity index (χ0) is 19.2. The van der Waals surface area contributed by atoms with Gasteiger partial charge in [0.15, 0.2) is 0 Å². The van der Waals surface area contributed by atoms with Crippen molar-refractivity contribution in [1.82, 2.24) is 5.32 Å². The van der Waals surface area contributed by atoms with Crippen LogP contribution in [0, 0.1) is 0 Å². The molecule has 2 aromatic rings. The van der Waals surface area contributed by atoms with Gasteiger partial charge in [-0.2, -0.15) is 0 Å². The summed E-state index contributed by atoms with van der Waals surface area (Å²) in [7, 11) is 3.11. The van der Waals surface area contributed by atoms with Gasteiger partial charge in [0, 0.05) is 18.3 Å². The van der Waals surface area contributed by atoms with E-state index in [0.717, 1.165) is 17.0 Å². The smallest absolute Gasteiger partial charge is 0.407 e. The van der Waals surface area contributed by atoms with Crippen molar-refractivity contribution in [3.8, 4) is 11.5 Å². The molecule has 1 aliphatic rings. The van der Waals surface area contributed by atoms with Crippen LogP contribution in [-0.4, -0.2) is 38.8 Å². The normalized spacial score (nSPS) is 16.1. The third-order valence-corrected chi connectivity index (χ3v) is 4.30. The first kappa shape index (κ1) is 18.6. The number of hydrogen-bond donors (Lipinski definition) is 1. The van der Waals surface area contributed by atoms with E-state index in [-0.39, 0.29) is 12.3 Å². The lowest BCUT2D eigenvalue weighted by molar-refractivity contribution is -0.117. The second-order valence-electron chi connectivity index (χ2n) is 6.08. The number of methoxy groups -OCH3 is 1. The topological polar surface area (TPSA) is 77.1 Å². The van der Waals surface area contributed by atoms with E-state index in [9.17, 15) is 9.59 Å². The highest BCUT2D eigenvalue weighted by molar-refractivity contribution is 5.96. The molecular weight excluding hydrogens is 348 g/mol. The van der Waals surface area contributed by atoms with Crippen LogP contribution in [0.15, 0.2) is 48.5 Å². The molecule has 1 saturated heterocycles. The molecule has 1 atom stereocenters. The number of anilines is 1. The number of carbonyl (C=O) groups is 2. The van der Waals surface area contributed by atoms with Crippen molar-refractivity contribution in [2.45, 2.75) is 19.1 Å². The molecule has 1 heterocycles. The van der Waals surface area contributed by atoms with Crippen molar-refractivity contribution >= 4 is 17.7 Å². The summed E-state index contributed by atoms with van der Waals surface area (Å²) in [6.07, 6.45) is -0.798. The van der Waals surface area contributed by atoms with Gasteiger partial charge in [0.25, 0.3) is 0 Å². The summed E-state index contributed by atoms with van der Waals surface area (Å²) in [5.41, 5.74) is 1.70. The van der Waals surface area contributed by atoms with Gasteiger partial charge in [-0.1, -0.05) is 18.2 Å². The predicted octanol–water partition coefficient (Wildman–Crippen LogP) is 2.74. The molecule has 7 heteroatoms. The van der Waals surface area contributed by atoms with Gasteiger partial charge in [0.05, 0.1) is 20.1 Å². The number of rotatable bonds is 6. The molecule has 0 aromatic heterocycles. The van der Waals surface area contributed by atoms with Crippen LogP contribution in [0.2, 0.25) is 0 Å². The van der Waals surface area contributed by atoms with Gasteiger partial charge in [0.2, 0.25) is 5.91 Å². The summed E-state index contributed by atoms with van der Waals surface area (Å²) < 4.78 is 16.3. The second kappa shape index (κ2) is 8.44. The number of ether oxygens (including phenoxy) is 3. The largest absolute Gasteiger partial charge is 0.496 e. The van der Waals surface area contributed by atoms with Crippen LogP contribution in [-0.2, 0) is 16.1 Å². The van der Waals surface area contributed by atoms with Gasteiger partial charge in [-0.3, -0.25) is 4.79 Å². The molecule has 27 heavy (non-hydrogen) atoms. The molecule has 0 aliphatic carbocycles. The quantitative estimate of drug-likeness (QED) is 0.846. The van der Waals surface area contributed by atoms with Crippen LogP contribution in [0.5, 0.6) is 11.5 Å². The van der Waals surface area contributed by atoms with E-state index < -0.39 is 12.2 Å². The molecule has 0 saturated carbocycles. The molecular formula is C20H22N2O5. The predicted molar refractivity (Wildman–Crippen MR) is 100 cm³/mol. The van der Waals surface area contributed by atoms with Gasteiger partial charge in [-0.05, 0) is 30.3 Å². The molecule has 7 nitrogen and oxygen atoms in total. The first-order valence-corrected chi connectivity index (χ1v) is 8.64. The van der Waals surface area contributed by atoms with Gasteiger partial charge in [-0.15, -0.1) is 0 Å². The first-order valence-electron chi connectivity index (χ1n) is 8.64. The van der Waals surface area contributed by atoms with E-state index in [0.29, 0.717) is 18.9 Å². The van der Waals surface area contributed by atoms with E-state index in [1.807, 2.05) is 48.5 Å². The van der Waals surface area contributed by atoms with E-state index in [1.165, 1.54) is 7.05 Å². The molecule has 142 valence electrons. The lowest BCUT2D eigenvalue weighted by Crippen LogP contribution is -2.29. The average molecular weight is 370 g/mol. The molecule has 0 spiro atoms. The van der Waals surface area contributed by atoms with Crippen molar-refractivity contribution < 1.29 is 23.8 Å². The Balaban J connectivity index is 1.60. The maximum atomic E-state index is 12.2. The molecule has 3 rings (SSSR count). The Bertz CT molecular complexity index is 806. The highest BCUT2D eigenvalue weighted by atomic mass is 16.6. The minimum atomic E-state index is -0.533. The van der Waals surface area contributed by atoms with Crippen LogP contribution in [0.4, 0.5) is 10.5 Å². The molecule has 1 unspecified atom stereocenters. The Kier molecular flexibility index (Phi) is 5.80. The second-order valence-corrected chi connectivity index (χ2v) is 6.08. The summed E-state index contributed by atoms with van der Waals surface area (Å²) in [5.74, 6) is 1.39. The van der Waals surface area contributed by atoms with Gasteiger partial charge in [0.1, 0.15) is 24.2 Å². The fourth-order valence-corrected chi connectivity index (χ4v) is 2.92. The van der Waals surface area contributed by atoms with Crippen LogP contribution < -0.4 is 19.7 Å². The zero-order valence-electron chi connectivity index (χ0n) is 15.3. The summed E-state index contributed by atoms with van der Waals surface area (Å²) in [6.45, 7) is 0.724. The highest BCUT2D eigenvalue weighted by Gasteiger charge is 2.33. The molecule has 0 radical (unpaired) electrons. The Morgan fingerprint density at radius 2 is 1.93 bits per heavy atom. The average Bonchev–Trinajstić information content (AvgIpc) is 3.06. The Morgan fingerprint density at radius 3 is 2.63 bits per heavy atom. The monoisotopic (exact) mass is 370 g/mol. The molecule has 1 N–H and O–H groups in total. The van der Waals surface area contributed by atoms with Gasteiger partial charge in [-0.25, -0.2) is 4.79 Å². The standard InChI is InChI=1S/C20H22N2O5/c1-21-20(24)27-17-11-19(23)22(12-17)15-7-9-16(10-8-15)26-13-14-5-3-4-6-18(14)25-2/h3-10,17H,11-13H2,1-2H3,(H,21,24). The molecule has 1 fully saturated rings.